The SMILES string of the molecule is COc1ccc(F)c([C@H](C2CCCC2)N2CCNCC2)c1.Cl. The first-order chi connectivity index (χ1) is 10.3. The molecule has 0 spiro atoms. The summed E-state index contributed by atoms with van der Waals surface area (Å²) in [6.07, 6.45) is 4.98. The topological polar surface area (TPSA) is 24.5 Å². The molecule has 1 heterocycles. The molecule has 3 rings (SSSR count). The van der Waals surface area contributed by atoms with Crippen molar-refractivity contribution < 1.29 is 9.13 Å². The predicted molar refractivity (Wildman–Crippen MR) is 89.3 cm³/mol. The first-order valence-corrected chi connectivity index (χ1v) is 8.08. The van der Waals surface area contributed by atoms with Crippen LogP contribution in [0.2, 0.25) is 0 Å². The third kappa shape index (κ3) is 3.73. The summed E-state index contributed by atoms with van der Waals surface area (Å²) in [5.74, 6) is 1.24. The maximum Gasteiger partial charge on any atom is 0.128 e. The van der Waals surface area contributed by atoms with Gasteiger partial charge in [0, 0.05) is 37.8 Å². The molecule has 0 unspecified atom stereocenters. The number of hydrogen-bond donors (Lipinski definition) is 1. The first-order valence-electron chi connectivity index (χ1n) is 8.08. The number of rotatable bonds is 4. The second-order valence-electron chi connectivity index (χ2n) is 6.16. The number of hydrogen-bond acceptors (Lipinski definition) is 3. The lowest BCUT2D eigenvalue weighted by molar-refractivity contribution is 0.122. The Morgan fingerprint density at radius 3 is 2.55 bits per heavy atom. The molecule has 1 aliphatic carbocycles. The van der Waals surface area contributed by atoms with Crippen molar-refractivity contribution in [3.05, 3.63) is 29.6 Å². The third-order valence-electron chi connectivity index (χ3n) is 4.91. The highest BCUT2D eigenvalue weighted by Crippen LogP contribution is 2.41. The molecular formula is C17H26ClFN2O. The molecule has 124 valence electrons. The van der Waals surface area contributed by atoms with Gasteiger partial charge < -0.3 is 10.1 Å². The molecule has 2 aliphatic rings. The van der Waals surface area contributed by atoms with Gasteiger partial charge >= 0.3 is 0 Å². The fourth-order valence-corrected chi connectivity index (χ4v) is 3.86. The van der Waals surface area contributed by atoms with E-state index in [1.807, 2.05) is 6.07 Å². The maximum atomic E-state index is 14.5. The van der Waals surface area contributed by atoms with E-state index in [2.05, 4.69) is 10.2 Å². The number of ether oxygens (including phenoxy) is 1. The van der Waals surface area contributed by atoms with E-state index in [1.165, 1.54) is 25.7 Å². The predicted octanol–water partition coefficient (Wildman–Crippen LogP) is 3.39. The minimum absolute atomic E-state index is 0. The van der Waals surface area contributed by atoms with E-state index in [-0.39, 0.29) is 24.3 Å². The van der Waals surface area contributed by atoms with E-state index in [9.17, 15) is 4.39 Å². The number of benzene rings is 1. The fourth-order valence-electron chi connectivity index (χ4n) is 3.86. The van der Waals surface area contributed by atoms with E-state index in [1.54, 1.807) is 19.2 Å². The van der Waals surface area contributed by atoms with Crippen molar-refractivity contribution in [1.29, 1.82) is 0 Å². The van der Waals surface area contributed by atoms with Gasteiger partial charge in [-0.2, -0.15) is 0 Å². The van der Waals surface area contributed by atoms with E-state index < -0.39 is 0 Å². The Morgan fingerprint density at radius 2 is 1.91 bits per heavy atom. The Balaban J connectivity index is 0.00000176. The third-order valence-corrected chi connectivity index (χ3v) is 4.91. The van der Waals surface area contributed by atoms with Gasteiger partial charge in [0.1, 0.15) is 11.6 Å². The molecule has 0 radical (unpaired) electrons. The van der Waals surface area contributed by atoms with Crippen LogP contribution in [0.5, 0.6) is 5.75 Å². The number of methoxy groups -OCH3 is 1. The summed E-state index contributed by atoms with van der Waals surface area (Å²) >= 11 is 0. The van der Waals surface area contributed by atoms with Gasteiger partial charge in [-0.25, -0.2) is 4.39 Å². The van der Waals surface area contributed by atoms with Gasteiger partial charge in [0.25, 0.3) is 0 Å². The zero-order valence-corrected chi connectivity index (χ0v) is 14.0. The van der Waals surface area contributed by atoms with Crippen molar-refractivity contribution in [2.24, 2.45) is 5.92 Å². The average molecular weight is 329 g/mol. The minimum Gasteiger partial charge on any atom is -0.497 e. The van der Waals surface area contributed by atoms with Gasteiger partial charge in [-0.3, -0.25) is 4.90 Å². The molecule has 3 nitrogen and oxygen atoms in total. The Morgan fingerprint density at radius 1 is 1.23 bits per heavy atom. The number of piperazine rings is 1. The highest BCUT2D eigenvalue weighted by atomic mass is 35.5. The zero-order valence-electron chi connectivity index (χ0n) is 13.2. The molecule has 1 aliphatic heterocycles. The van der Waals surface area contributed by atoms with Crippen LogP contribution in [0.15, 0.2) is 18.2 Å². The number of nitrogens with zero attached hydrogens (tertiary/aromatic N) is 1. The fraction of sp³-hybridized carbons (Fsp3) is 0.647. The molecular weight excluding hydrogens is 303 g/mol. The lowest BCUT2D eigenvalue weighted by Gasteiger charge is -2.38. The van der Waals surface area contributed by atoms with Crippen LogP contribution in [0.4, 0.5) is 4.39 Å². The van der Waals surface area contributed by atoms with Crippen LogP contribution >= 0.6 is 12.4 Å². The molecule has 0 bridgehead atoms. The molecule has 22 heavy (non-hydrogen) atoms. The summed E-state index contributed by atoms with van der Waals surface area (Å²) in [6, 6.07) is 5.37. The van der Waals surface area contributed by atoms with Gasteiger partial charge in [0.05, 0.1) is 7.11 Å². The van der Waals surface area contributed by atoms with Crippen molar-refractivity contribution >= 4 is 12.4 Å². The van der Waals surface area contributed by atoms with Gasteiger partial charge in [-0.1, -0.05) is 12.8 Å². The Labute approximate surface area is 138 Å². The van der Waals surface area contributed by atoms with Crippen LogP contribution < -0.4 is 10.1 Å². The molecule has 1 saturated carbocycles. The Kier molecular flexibility index (Phi) is 6.48. The normalized spacial score (nSPS) is 21.4. The summed E-state index contributed by atoms with van der Waals surface area (Å²) < 4.78 is 19.8. The van der Waals surface area contributed by atoms with Crippen LogP contribution in [-0.2, 0) is 0 Å². The van der Waals surface area contributed by atoms with Crippen LogP contribution in [0, 0.1) is 11.7 Å². The van der Waals surface area contributed by atoms with Crippen molar-refractivity contribution in [2.45, 2.75) is 31.7 Å². The summed E-state index contributed by atoms with van der Waals surface area (Å²) in [5.41, 5.74) is 0.822. The Hall–Kier alpha value is -0.840. The zero-order chi connectivity index (χ0) is 14.7. The lowest BCUT2D eigenvalue weighted by Crippen LogP contribution is -2.46. The molecule has 1 atom stereocenters. The Bertz CT molecular complexity index is 474. The second kappa shape index (κ2) is 8.14. The van der Waals surface area contributed by atoms with Crippen molar-refractivity contribution in [3.63, 3.8) is 0 Å². The quantitative estimate of drug-likeness (QED) is 0.917. The van der Waals surface area contributed by atoms with Gasteiger partial charge in [0.15, 0.2) is 0 Å². The largest absolute Gasteiger partial charge is 0.497 e. The van der Waals surface area contributed by atoms with Crippen LogP contribution in [-0.4, -0.2) is 38.2 Å². The molecule has 5 heteroatoms. The van der Waals surface area contributed by atoms with Crippen LogP contribution in [0.1, 0.15) is 37.3 Å². The van der Waals surface area contributed by atoms with E-state index in [0.717, 1.165) is 37.5 Å². The molecule has 1 N–H and O–H groups in total. The van der Waals surface area contributed by atoms with Gasteiger partial charge in [-0.05, 0) is 37.0 Å². The highest BCUT2D eigenvalue weighted by Gasteiger charge is 2.33. The molecule has 1 saturated heterocycles. The van der Waals surface area contributed by atoms with Crippen LogP contribution in [0.25, 0.3) is 0 Å². The molecule has 2 fully saturated rings. The van der Waals surface area contributed by atoms with Gasteiger partial charge in [-0.15, -0.1) is 12.4 Å². The molecule has 1 aromatic rings. The van der Waals surface area contributed by atoms with Crippen molar-refractivity contribution in [1.82, 2.24) is 10.2 Å². The lowest BCUT2D eigenvalue weighted by atomic mass is 9.89. The molecule has 0 amide bonds. The average Bonchev–Trinajstić information content (AvgIpc) is 3.04. The highest BCUT2D eigenvalue weighted by molar-refractivity contribution is 5.85. The minimum atomic E-state index is -0.0915. The maximum absolute atomic E-state index is 14.5. The van der Waals surface area contributed by atoms with Crippen LogP contribution in [0.3, 0.4) is 0 Å². The standard InChI is InChI=1S/C17H25FN2O.ClH/c1-21-14-6-7-16(18)15(12-14)17(13-4-2-3-5-13)20-10-8-19-9-11-20;/h6-7,12-13,17,19H,2-5,8-11H2,1H3;1H/t17-;/m0./s1. The van der Waals surface area contributed by atoms with E-state index in [0.29, 0.717) is 5.92 Å². The number of nitrogens with one attached hydrogen (secondary N) is 1. The monoisotopic (exact) mass is 328 g/mol. The second-order valence-corrected chi connectivity index (χ2v) is 6.16. The van der Waals surface area contributed by atoms with Crippen molar-refractivity contribution in [2.75, 3.05) is 33.3 Å². The summed E-state index contributed by atoms with van der Waals surface area (Å²) in [6.45, 7) is 3.99. The summed E-state index contributed by atoms with van der Waals surface area (Å²) in [7, 11) is 1.65. The number of halogens is 2. The molecule has 1 aromatic carbocycles. The van der Waals surface area contributed by atoms with Gasteiger partial charge in [0.2, 0.25) is 0 Å². The summed E-state index contributed by atoms with van der Waals surface area (Å²) in [4.78, 5) is 2.46. The van der Waals surface area contributed by atoms with E-state index >= 15 is 0 Å². The smallest absolute Gasteiger partial charge is 0.128 e. The summed E-state index contributed by atoms with van der Waals surface area (Å²) in [5, 5.41) is 3.39. The first kappa shape index (κ1) is 17.5. The van der Waals surface area contributed by atoms with Crippen molar-refractivity contribution in [3.8, 4) is 5.75 Å². The molecule has 0 aromatic heterocycles. The van der Waals surface area contributed by atoms with E-state index in [4.69, 9.17) is 4.74 Å².